The summed E-state index contributed by atoms with van der Waals surface area (Å²) in [6.45, 7) is 3.52. The molecule has 1 aliphatic heterocycles. The smallest absolute Gasteiger partial charge is 0.377 e. The number of nitrogens with two attached hydrogens (primary N) is 1. The van der Waals surface area contributed by atoms with E-state index in [0.717, 1.165) is 6.07 Å². The summed E-state index contributed by atoms with van der Waals surface area (Å²) in [5, 5.41) is 0. The molecule has 1 saturated heterocycles. The van der Waals surface area contributed by atoms with Crippen LogP contribution < -0.4 is 10.6 Å². The van der Waals surface area contributed by atoms with Crippen LogP contribution in [0.3, 0.4) is 0 Å². The number of morpholine rings is 1. The van der Waals surface area contributed by atoms with Crippen LogP contribution in [0, 0.1) is 0 Å². The van der Waals surface area contributed by atoms with E-state index in [-0.39, 0.29) is 12.6 Å². The fourth-order valence-corrected chi connectivity index (χ4v) is 2.08. The second-order valence-corrected chi connectivity index (χ2v) is 4.50. The average molecular weight is 275 g/mol. The highest BCUT2D eigenvalue weighted by Gasteiger charge is 2.34. The maximum Gasteiger partial charge on any atom is 0.433 e. The number of anilines is 1. The molecule has 0 aromatic carbocycles. The molecule has 0 spiro atoms. The molecule has 0 amide bonds. The second kappa shape index (κ2) is 5.34. The molecule has 1 aliphatic rings. The van der Waals surface area contributed by atoms with Crippen LogP contribution in [0.2, 0.25) is 0 Å². The molecule has 2 rings (SSSR count). The summed E-state index contributed by atoms with van der Waals surface area (Å²) in [7, 11) is 0. The van der Waals surface area contributed by atoms with Crippen molar-refractivity contribution in [3.8, 4) is 0 Å². The summed E-state index contributed by atoms with van der Waals surface area (Å²) in [4.78, 5) is 5.57. The first-order valence-corrected chi connectivity index (χ1v) is 6.05. The van der Waals surface area contributed by atoms with Gasteiger partial charge in [-0.25, -0.2) is 4.98 Å². The van der Waals surface area contributed by atoms with E-state index in [2.05, 4.69) is 4.98 Å². The van der Waals surface area contributed by atoms with Crippen molar-refractivity contribution in [2.45, 2.75) is 25.7 Å². The largest absolute Gasteiger partial charge is 0.433 e. The van der Waals surface area contributed by atoms with Crippen molar-refractivity contribution in [2.24, 2.45) is 5.73 Å². The van der Waals surface area contributed by atoms with Gasteiger partial charge in [0, 0.05) is 18.7 Å². The van der Waals surface area contributed by atoms with E-state index >= 15 is 0 Å². The first kappa shape index (κ1) is 14.1. The molecule has 0 radical (unpaired) electrons. The van der Waals surface area contributed by atoms with Gasteiger partial charge in [-0.15, -0.1) is 0 Å². The third-order valence-corrected chi connectivity index (χ3v) is 3.11. The summed E-state index contributed by atoms with van der Waals surface area (Å²) in [5.41, 5.74) is 5.31. The molecule has 106 valence electrons. The molecule has 1 unspecified atom stereocenters. The lowest BCUT2D eigenvalue weighted by molar-refractivity contribution is -0.141. The number of pyridine rings is 1. The number of hydrogen-bond donors (Lipinski definition) is 1. The van der Waals surface area contributed by atoms with Gasteiger partial charge in [0.15, 0.2) is 0 Å². The number of ether oxygens (including phenoxy) is 1. The molecular formula is C12H16F3N3O. The number of aromatic nitrogens is 1. The van der Waals surface area contributed by atoms with Crippen LogP contribution in [0.25, 0.3) is 0 Å². The molecule has 19 heavy (non-hydrogen) atoms. The molecule has 1 aromatic rings. The Morgan fingerprint density at radius 3 is 2.79 bits per heavy atom. The van der Waals surface area contributed by atoms with E-state index in [1.54, 1.807) is 0 Å². The highest BCUT2D eigenvalue weighted by molar-refractivity contribution is 5.49. The Balaban J connectivity index is 2.41. The topological polar surface area (TPSA) is 51.4 Å². The normalized spacial score (nSPS) is 20.7. The van der Waals surface area contributed by atoms with Crippen LogP contribution in [0.4, 0.5) is 19.0 Å². The molecule has 2 heterocycles. The quantitative estimate of drug-likeness (QED) is 0.894. The molecule has 0 aliphatic carbocycles. The zero-order valence-electron chi connectivity index (χ0n) is 10.6. The first-order valence-electron chi connectivity index (χ1n) is 6.05. The lowest BCUT2D eigenvalue weighted by Crippen LogP contribution is -2.45. The van der Waals surface area contributed by atoms with E-state index in [1.807, 2.05) is 11.8 Å². The van der Waals surface area contributed by atoms with Crippen molar-refractivity contribution in [1.29, 1.82) is 0 Å². The molecule has 1 atom stereocenters. The van der Waals surface area contributed by atoms with Crippen LogP contribution >= 0.6 is 0 Å². The van der Waals surface area contributed by atoms with Gasteiger partial charge in [-0.3, -0.25) is 0 Å². The third kappa shape index (κ3) is 2.98. The molecule has 0 bridgehead atoms. The summed E-state index contributed by atoms with van der Waals surface area (Å²) in [6.07, 6.45) is -4.45. The van der Waals surface area contributed by atoms with E-state index in [1.165, 1.54) is 6.07 Å². The van der Waals surface area contributed by atoms with Crippen molar-refractivity contribution in [1.82, 2.24) is 4.98 Å². The molecule has 4 nitrogen and oxygen atoms in total. The standard InChI is InChI=1S/C12H16F3N3O/c1-8-7-19-5-4-18(8)11-9(6-16)2-3-10(17-11)12(13,14)15/h2-3,8H,4-7,16H2,1H3. The minimum atomic E-state index is -4.45. The summed E-state index contributed by atoms with van der Waals surface area (Å²) in [5.74, 6) is 0.313. The molecule has 1 aromatic heterocycles. The van der Waals surface area contributed by atoms with Crippen molar-refractivity contribution >= 4 is 5.82 Å². The molecule has 1 fully saturated rings. The monoisotopic (exact) mass is 275 g/mol. The van der Waals surface area contributed by atoms with Crippen molar-refractivity contribution in [3.63, 3.8) is 0 Å². The lowest BCUT2D eigenvalue weighted by Gasteiger charge is -2.35. The number of halogens is 3. The lowest BCUT2D eigenvalue weighted by atomic mass is 10.1. The Bertz CT molecular complexity index is 450. The Morgan fingerprint density at radius 1 is 1.47 bits per heavy atom. The molecular weight excluding hydrogens is 259 g/mol. The van der Waals surface area contributed by atoms with Gasteiger partial charge in [0.25, 0.3) is 0 Å². The fraction of sp³-hybridized carbons (Fsp3) is 0.583. The summed E-state index contributed by atoms with van der Waals surface area (Å²) < 4.78 is 43.5. The van der Waals surface area contributed by atoms with Gasteiger partial charge < -0.3 is 15.4 Å². The van der Waals surface area contributed by atoms with E-state index in [0.29, 0.717) is 31.1 Å². The highest BCUT2D eigenvalue weighted by Crippen LogP contribution is 2.31. The van der Waals surface area contributed by atoms with Gasteiger partial charge in [0.05, 0.1) is 19.3 Å². The summed E-state index contributed by atoms with van der Waals surface area (Å²) in [6, 6.07) is 2.35. The molecule has 0 saturated carbocycles. The Hall–Kier alpha value is -1.34. The third-order valence-electron chi connectivity index (χ3n) is 3.11. The Kier molecular flexibility index (Phi) is 3.96. The summed E-state index contributed by atoms with van der Waals surface area (Å²) >= 11 is 0. The van der Waals surface area contributed by atoms with Gasteiger partial charge >= 0.3 is 6.18 Å². The SMILES string of the molecule is CC1COCCN1c1nc(C(F)(F)F)ccc1CN. The maximum atomic E-state index is 12.7. The predicted octanol–water partition coefficient (Wildman–Crippen LogP) is 1.78. The number of hydrogen-bond acceptors (Lipinski definition) is 4. The van der Waals surface area contributed by atoms with Gasteiger partial charge in [-0.1, -0.05) is 6.07 Å². The second-order valence-electron chi connectivity index (χ2n) is 4.50. The van der Waals surface area contributed by atoms with E-state index in [9.17, 15) is 13.2 Å². The van der Waals surface area contributed by atoms with Crippen molar-refractivity contribution in [2.75, 3.05) is 24.7 Å². The van der Waals surface area contributed by atoms with Crippen LogP contribution in [-0.2, 0) is 17.5 Å². The van der Waals surface area contributed by atoms with Gasteiger partial charge in [-0.2, -0.15) is 13.2 Å². The predicted molar refractivity (Wildman–Crippen MR) is 64.8 cm³/mol. The number of rotatable bonds is 2. The fourth-order valence-electron chi connectivity index (χ4n) is 2.08. The minimum absolute atomic E-state index is 0.0185. The van der Waals surface area contributed by atoms with Crippen molar-refractivity contribution < 1.29 is 17.9 Å². The molecule has 7 heteroatoms. The van der Waals surface area contributed by atoms with Gasteiger partial charge in [0.2, 0.25) is 0 Å². The number of alkyl halides is 3. The van der Waals surface area contributed by atoms with Crippen LogP contribution in [-0.4, -0.2) is 30.8 Å². The Labute approximate surface area is 109 Å². The average Bonchev–Trinajstić information content (AvgIpc) is 2.37. The van der Waals surface area contributed by atoms with Gasteiger partial charge in [-0.05, 0) is 13.0 Å². The Morgan fingerprint density at radius 2 is 2.21 bits per heavy atom. The van der Waals surface area contributed by atoms with Crippen molar-refractivity contribution in [3.05, 3.63) is 23.4 Å². The molecule has 2 N–H and O–H groups in total. The van der Waals surface area contributed by atoms with E-state index in [4.69, 9.17) is 10.5 Å². The minimum Gasteiger partial charge on any atom is -0.377 e. The zero-order chi connectivity index (χ0) is 14.0. The highest BCUT2D eigenvalue weighted by atomic mass is 19.4. The maximum absolute atomic E-state index is 12.7. The number of nitrogens with zero attached hydrogens (tertiary/aromatic N) is 2. The van der Waals surface area contributed by atoms with Crippen LogP contribution in [0.15, 0.2) is 12.1 Å². The van der Waals surface area contributed by atoms with Crippen LogP contribution in [0.1, 0.15) is 18.2 Å². The van der Waals surface area contributed by atoms with Crippen LogP contribution in [0.5, 0.6) is 0 Å². The zero-order valence-corrected chi connectivity index (χ0v) is 10.6. The van der Waals surface area contributed by atoms with Gasteiger partial charge in [0.1, 0.15) is 11.5 Å². The van der Waals surface area contributed by atoms with E-state index < -0.39 is 11.9 Å². The first-order chi connectivity index (χ1) is 8.93.